The summed E-state index contributed by atoms with van der Waals surface area (Å²) >= 11 is 0. The Morgan fingerprint density at radius 2 is 2.20 bits per heavy atom. The van der Waals surface area contributed by atoms with Crippen molar-refractivity contribution in [3.63, 3.8) is 0 Å². The van der Waals surface area contributed by atoms with Gasteiger partial charge in [0.25, 0.3) is 11.6 Å². The molecule has 2 aliphatic rings. The quantitative estimate of drug-likeness (QED) is 0.599. The molecule has 25 heavy (non-hydrogen) atoms. The first kappa shape index (κ1) is 17.6. The number of anilines is 1. The zero-order valence-corrected chi connectivity index (χ0v) is 14.5. The fourth-order valence-corrected chi connectivity index (χ4v) is 2.89. The Balaban J connectivity index is 1.73. The van der Waals surface area contributed by atoms with Crippen LogP contribution in [0, 0.1) is 10.1 Å². The van der Waals surface area contributed by atoms with E-state index in [0.717, 1.165) is 25.9 Å². The third kappa shape index (κ3) is 4.46. The van der Waals surface area contributed by atoms with Crippen molar-refractivity contribution in [1.29, 1.82) is 0 Å². The van der Waals surface area contributed by atoms with Gasteiger partial charge in [0.1, 0.15) is 5.69 Å². The Bertz CT molecular complexity index is 662. The maximum absolute atomic E-state index is 12.1. The van der Waals surface area contributed by atoms with E-state index in [1.165, 1.54) is 6.07 Å². The smallest absolute Gasteiger partial charge is 0.293 e. The van der Waals surface area contributed by atoms with Gasteiger partial charge in [0.15, 0.2) is 0 Å². The summed E-state index contributed by atoms with van der Waals surface area (Å²) in [5, 5.41) is 17.5. The van der Waals surface area contributed by atoms with Crippen LogP contribution in [0.2, 0.25) is 0 Å². The van der Waals surface area contributed by atoms with E-state index in [9.17, 15) is 14.9 Å². The second kappa shape index (κ2) is 7.37. The molecule has 1 saturated carbocycles. The standard InChI is InChI=1S/C17H24N4O4/c1-11(16-10-20(2)7-8-25-16)18-14-6-3-12(9-15(14)21(23)24)17(22)19-13-4-5-13/h3,6,9,11,13,16,18H,4-5,7-8,10H2,1-2H3,(H,19,22). The number of ether oxygens (including phenoxy) is 1. The highest BCUT2D eigenvalue weighted by Gasteiger charge is 2.27. The van der Waals surface area contributed by atoms with Crippen LogP contribution in [0.25, 0.3) is 0 Å². The number of hydrogen-bond acceptors (Lipinski definition) is 6. The molecule has 2 unspecified atom stereocenters. The zero-order valence-electron chi connectivity index (χ0n) is 14.5. The number of nitro groups is 1. The van der Waals surface area contributed by atoms with Crippen molar-refractivity contribution in [3.05, 3.63) is 33.9 Å². The Kier molecular flexibility index (Phi) is 5.19. The van der Waals surface area contributed by atoms with E-state index >= 15 is 0 Å². The molecular weight excluding hydrogens is 324 g/mol. The lowest BCUT2D eigenvalue weighted by Gasteiger charge is -2.34. The average Bonchev–Trinajstić information content (AvgIpc) is 3.38. The van der Waals surface area contributed by atoms with Gasteiger partial charge in [-0.25, -0.2) is 0 Å². The molecule has 1 amide bonds. The van der Waals surface area contributed by atoms with Crippen molar-refractivity contribution in [2.24, 2.45) is 0 Å². The maximum Gasteiger partial charge on any atom is 0.293 e. The van der Waals surface area contributed by atoms with Crippen molar-refractivity contribution in [1.82, 2.24) is 10.2 Å². The molecule has 0 aromatic heterocycles. The summed E-state index contributed by atoms with van der Waals surface area (Å²) in [6.45, 7) is 4.24. The summed E-state index contributed by atoms with van der Waals surface area (Å²) in [4.78, 5) is 25.3. The molecule has 2 N–H and O–H groups in total. The highest BCUT2D eigenvalue weighted by molar-refractivity contribution is 5.96. The molecule has 0 radical (unpaired) electrons. The van der Waals surface area contributed by atoms with Crippen LogP contribution < -0.4 is 10.6 Å². The maximum atomic E-state index is 12.1. The number of likely N-dealkylation sites (N-methyl/N-ethyl adjacent to an activating group) is 1. The molecule has 1 saturated heterocycles. The number of carbonyl (C=O) groups excluding carboxylic acids is 1. The van der Waals surface area contributed by atoms with Crippen molar-refractivity contribution in [3.8, 4) is 0 Å². The highest BCUT2D eigenvalue weighted by Crippen LogP contribution is 2.28. The number of benzene rings is 1. The number of hydrogen-bond donors (Lipinski definition) is 2. The second-order valence-electron chi connectivity index (χ2n) is 6.84. The van der Waals surface area contributed by atoms with Crippen molar-refractivity contribution < 1.29 is 14.5 Å². The fraction of sp³-hybridized carbons (Fsp3) is 0.588. The first-order valence-corrected chi connectivity index (χ1v) is 8.60. The highest BCUT2D eigenvalue weighted by atomic mass is 16.6. The third-order valence-electron chi connectivity index (χ3n) is 4.61. The van der Waals surface area contributed by atoms with E-state index in [-0.39, 0.29) is 29.8 Å². The summed E-state index contributed by atoms with van der Waals surface area (Å²) in [6.07, 6.45) is 1.90. The van der Waals surface area contributed by atoms with Crippen LogP contribution in [0.4, 0.5) is 11.4 Å². The number of nitrogens with zero attached hydrogens (tertiary/aromatic N) is 2. The van der Waals surface area contributed by atoms with Gasteiger partial charge in [-0.3, -0.25) is 14.9 Å². The summed E-state index contributed by atoms with van der Waals surface area (Å²) in [7, 11) is 2.03. The molecule has 1 aromatic rings. The Labute approximate surface area is 146 Å². The summed E-state index contributed by atoms with van der Waals surface area (Å²) in [5.41, 5.74) is 0.613. The van der Waals surface area contributed by atoms with E-state index in [4.69, 9.17) is 4.74 Å². The van der Waals surface area contributed by atoms with Gasteiger partial charge < -0.3 is 20.3 Å². The van der Waals surface area contributed by atoms with Crippen LogP contribution in [0.5, 0.6) is 0 Å². The number of amides is 1. The zero-order chi connectivity index (χ0) is 18.0. The van der Waals surface area contributed by atoms with Crippen LogP contribution in [0.3, 0.4) is 0 Å². The van der Waals surface area contributed by atoms with Gasteiger partial charge in [0.2, 0.25) is 0 Å². The normalized spacial score (nSPS) is 22.2. The number of carbonyl (C=O) groups is 1. The first-order chi connectivity index (χ1) is 11.9. The van der Waals surface area contributed by atoms with Gasteiger partial charge >= 0.3 is 0 Å². The number of morpholine rings is 1. The molecule has 8 heteroatoms. The minimum Gasteiger partial charge on any atom is -0.374 e. The van der Waals surface area contributed by atoms with Crippen molar-refractivity contribution >= 4 is 17.3 Å². The summed E-state index contributed by atoms with van der Waals surface area (Å²) in [6, 6.07) is 4.68. The summed E-state index contributed by atoms with van der Waals surface area (Å²) < 4.78 is 5.76. The van der Waals surface area contributed by atoms with E-state index in [0.29, 0.717) is 17.9 Å². The van der Waals surface area contributed by atoms with Crippen LogP contribution in [-0.4, -0.2) is 60.7 Å². The molecule has 136 valence electrons. The lowest BCUT2D eigenvalue weighted by molar-refractivity contribution is -0.384. The number of rotatable bonds is 6. The van der Waals surface area contributed by atoms with Gasteiger partial charge in [0.05, 0.1) is 23.7 Å². The Morgan fingerprint density at radius 3 is 2.84 bits per heavy atom. The van der Waals surface area contributed by atoms with E-state index in [2.05, 4.69) is 15.5 Å². The molecule has 8 nitrogen and oxygen atoms in total. The Hall–Kier alpha value is -2.19. The van der Waals surface area contributed by atoms with Crippen LogP contribution in [0.1, 0.15) is 30.1 Å². The molecule has 0 spiro atoms. The third-order valence-corrected chi connectivity index (χ3v) is 4.61. The monoisotopic (exact) mass is 348 g/mol. The van der Waals surface area contributed by atoms with Gasteiger partial charge in [-0.2, -0.15) is 0 Å². The van der Waals surface area contributed by atoms with E-state index in [1.807, 2.05) is 14.0 Å². The van der Waals surface area contributed by atoms with Crippen molar-refractivity contribution in [2.75, 3.05) is 32.1 Å². The average molecular weight is 348 g/mol. The molecule has 1 aliphatic heterocycles. The largest absolute Gasteiger partial charge is 0.374 e. The topological polar surface area (TPSA) is 96.7 Å². The minimum atomic E-state index is -0.461. The molecule has 3 rings (SSSR count). The Morgan fingerprint density at radius 1 is 1.44 bits per heavy atom. The van der Waals surface area contributed by atoms with Crippen LogP contribution in [-0.2, 0) is 4.74 Å². The molecule has 2 atom stereocenters. The number of nitrogens with one attached hydrogen (secondary N) is 2. The SMILES string of the molecule is CC(Nc1ccc(C(=O)NC2CC2)cc1[N+](=O)[O-])C1CN(C)CCO1. The second-order valence-corrected chi connectivity index (χ2v) is 6.84. The lowest BCUT2D eigenvalue weighted by Crippen LogP contribution is -2.47. The van der Waals surface area contributed by atoms with E-state index < -0.39 is 4.92 Å². The molecule has 0 bridgehead atoms. The van der Waals surface area contributed by atoms with Gasteiger partial charge in [-0.05, 0) is 38.9 Å². The van der Waals surface area contributed by atoms with Gasteiger partial charge in [-0.15, -0.1) is 0 Å². The molecule has 1 aromatic carbocycles. The van der Waals surface area contributed by atoms with Crippen LogP contribution in [0.15, 0.2) is 18.2 Å². The molecule has 1 aliphatic carbocycles. The predicted molar refractivity (Wildman–Crippen MR) is 93.9 cm³/mol. The molecule has 1 heterocycles. The van der Waals surface area contributed by atoms with Gasteiger partial charge in [0, 0.05) is 30.8 Å². The van der Waals surface area contributed by atoms with E-state index in [1.54, 1.807) is 12.1 Å². The lowest BCUT2D eigenvalue weighted by atomic mass is 10.1. The predicted octanol–water partition coefficient (Wildman–Crippen LogP) is 1.62. The van der Waals surface area contributed by atoms with Gasteiger partial charge in [-0.1, -0.05) is 0 Å². The van der Waals surface area contributed by atoms with Crippen molar-refractivity contribution in [2.45, 2.75) is 38.0 Å². The minimum absolute atomic E-state index is 0.0452. The summed E-state index contributed by atoms with van der Waals surface area (Å²) in [5.74, 6) is -0.262. The first-order valence-electron chi connectivity index (χ1n) is 8.60. The molecule has 2 fully saturated rings. The fourth-order valence-electron chi connectivity index (χ4n) is 2.89. The van der Waals surface area contributed by atoms with Crippen LogP contribution >= 0.6 is 0 Å². The molecular formula is C17H24N4O4. The number of nitro benzene ring substituents is 1.